The fourth-order valence-electron chi connectivity index (χ4n) is 2.17. The molecule has 1 unspecified atom stereocenters. The molecule has 3 rings (SSSR count). The number of fused-ring (bicyclic) bond motifs is 1. The van der Waals surface area contributed by atoms with Crippen LogP contribution in [0.25, 0.3) is 0 Å². The lowest BCUT2D eigenvalue weighted by Crippen LogP contribution is -2.30. The van der Waals surface area contributed by atoms with Crippen LogP contribution in [0, 0.1) is 0 Å². The minimum absolute atomic E-state index is 0.0271. The molecule has 1 aromatic heterocycles. The van der Waals surface area contributed by atoms with E-state index >= 15 is 0 Å². The summed E-state index contributed by atoms with van der Waals surface area (Å²) in [5.74, 6) is -0.0271. The lowest BCUT2D eigenvalue weighted by Gasteiger charge is -2.16. The molecule has 5 heteroatoms. The van der Waals surface area contributed by atoms with Gasteiger partial charge in [0.2, 0.25) is 5.91 Å². The van der Waals surface area contributed by atoms with Gasteiger partial charge in [-0.15, -0.1) is 11.3 Å². The number of benzene rings is 1. The molecule has 0 spiro atoms. The molecule has 18 heavy (non-hydrogen) atoms. The van der Waals surface area contributed by atoms with Crippen molar-refractivity contribution in [3.63, 3.8) is 0 Å². The zero-order chi connectivity index (χ0) is 12.7. The van der Waals surface area contributed by atoms with E-state index in [0.29, 0.717) is 6.54 Å². The Hall–Kier alpha value is -1.17. The number of carbonyl (C=O) groups is 1. The molecule has 3 nitrogen and oxygen atoms in total. The van der Waals surface area contributed by atoms with Gasteiger partial charge in [0.05, 0.1) is 10.3 Å². The lowest BCUT2D eigenvalue weighted by molar-refractivity contribution is -0.119. The molecule has 1 atom stereocenters. The molecule has 2 heterocycles. The van der Waals surface area contributed by atoms with Crippen molar-refractivity contribution >= 4 is 38.9 Å². The predicted octanol–water partition coefficient (Wildman–Crippen LogP) is 3.06. The van der Waals surface area contributed by atoms with Gasteiger partial charge in [0.15, 0.2) is 0 Å². The molecular formula is C13H11BrN2OS. The minimum Gasteiger partial charge on any atom is -0.316 e. The number of rotatable bonds is 2. The summed E-state index contributed by atoms with van der Waals surface area (Å²) in [5, 5.41) is 0. The number of nitrogens with zero attached hydrogens (tertiary/aromatic N) is 1. The fraction of sp³-hybridized carbons (Fsp3) is 0.154. The van der Waals surface area contributed by atoms with E-state index < -0.39 is 6.04 Å². The van der Waals surface area contributed by atoms with Gasteiger partial charge in [0, 0.05) is 16.1 Å². The highest BCUT2D eigenvalue weighted by Gasteiger charge is 2.34. The number of para-hydroxylation sites is 1. The largest absolute Gasteiger partial charge is 0.316 e. The maximum atomic E-state index is 12.2. The number of halogens is 1. The maximum absolute atomic E-state index is 12.2. The van der Waals surface area contributed by atoms with E-state index in [1.54, 1.807) is 16.2 Å². The van der Waals surface area contributed by atoms with E-state index in [4.69, 9.17) is 5.73 Å². The van der Waals surface area contributed by atoms with Crippen LogP contribution in [0.3, 0.4) is 0 Å². The van der Waals surface area contributed by atoms with Gasteiger partial charge in [-0.25, -0.2) is 0 Å². The van der Waals surface area contributed by atoms with Crippen LogP contribution in [0.1, 0.15) is 16.5 Å². The van der Waals surface area contributed by atoms with Crippen LogP contribution in [0.4, 0.5) is 5.69 Å². The Morgan fingerprint density at radius 1 is 1.28 bits per heavy atom. The van der Waals surface area contributed by atoms with E-state index in [-0.39, 0.29) is 5.91 Å². The molecular weight excluding hydrogens is 312 g/mol. The van der Waals surface area contributed by atoms with Crippen molar-refractivity contribution in [2.75, 3.05) is 4.90 Å². The summed E-state index contributed by atoms with van der Waals surface area (Å²) in [4.78, 5) is 15.1. The van der Waals surface area contributed by atoms with Gasteiger partial charge in [0.1, 0.15) is 6.04 Å². The molecule has 1 amide bonds. The normalized spacial score (nSPS) is 18.2. The van der Waals surface area contributed by atoms with Crippen molar-refractivity contribution in [3.8, 4) is 0 Å². The SMILES string of the molecule is NC1C(=O)N(Cc2ccc(Br)s2)c2ccccc21. The van der Waals surface area contributed by atoms with Gasteiger partial charge in [-0.05, 0) is 34.1 Å². The first-order valence-corrected chi connectivity index (χ1v) is 7.18. The van der Waals surface area contributed by atoms with E-state index in [1.165, 1.54) is 0 Å². The standard InChI is InChI=1S/C13H11BrN2OS/c14-11-6-5-8(18-11)7-16-10-4-2-1-3-9(10)12(15)13(16)17/h1-6,12H,7,15H2. The lowest BCUT2D eigenvalue weighted by atomic mass is 10.1. The molecule has 0 saturated carbocycles. The number of hydrogen-bond acceptors (Lipinski definition) is 3. The smallest absolute Gasteiger partial charge is 0.248 e. The third-order valence-corrected chi connectivity index (χ3v) is 4.65. The predicted molar refractivity (Wildman–Crippen MR) is 76.6 cm³/mol. The highest BCUT2D eigenvalue weighted by molar-refractivity contribution is 9.11. The number of thiophene rings is 1. The second-order valence-electron chi connectivity index (χ2n) is 4.17. The van der Waals surface area contributed by atoms with Gasteiger partial charge in [0.25, 0.3) is 0 Å². The molecule has 0 saturated heterocycles. The van der Waals surface area contributed by atoms with Crippen molar-refractivity contribution in [2.24, 2.45) is 5.73 Å². The highest BCUT2D eigenvalue weighted by Crippen LogP contribution is 2.36. The van der Waals surface area contributed by atoms with Crippen LogP contribution >= 0.6 is 27.3 Å². The Morgan fingerprint density at radius 2 is 2.06 bits per heavy atom. The van der Waals surface area contributed by atoms with Crippen molar-refractivity contribution in [1.29, 1.82) is 0 Å². The zero-order valence-corrected chi connectivity index (χ0v) is 11.9. The van der Waals surface area contributed by atoms with Crippen LogP contribution in [0.5, 0.6) is 0 Å². The molecule has 2 N–H and O–H groups in total. The van der Waals surface area contributed by atoms with Crippen LogP contribution in [-0.4, -0.2) is 5.91 Å². The molecule has 1 aromatic carbocycles. The molecule has 1 aliphatic rings. The summed E-state index contributed by atoms with van der Waals surface area (Å²) in [6.45, 7) is 0.583. The molecule has 0 bridgehead atoms. The van der Waals surface area contributed by atoms with E-state index in [1.807, 2.05) is 36.4 Å². The molecule has 2 aromatic rings. The summed E-state index contributed by atoms with van der Waals surface area (Å²) < 4.78 is 1.07. The third kappa shape index (κ3) is 1.88. The Bertz CT molecular complexity index is 611. The Morgan fingerprint density at radius 3 is 2.78 bits per heavy atom. The van der Waals surface area contributed by atoms with Gasteiger partial charge in [-0.1, -0.05) is 18.2 Å². The summed E-state index contributed by atoms with van der Waals surface area (Å²) >= 11 is 5.07. The molecule has 0 aliphatic carbocycles. The number of nitrogens with two attached hydrogens (primary N) is 1. The van der Waals surface area contributed by atoms with Crippen molar-refractivity contribution in [1.82, 2.24) is 0 Å². The highest BCUT2D eigenvalue weighted by atomic mass is 79.9. The molecule has 1 aliphatic heterocycles. The molecule has 0 fully saturated rings. The van der Waals surface area contributed by atoms with Crippen LogP contribution in [-0.2, 0) is 11.3 Å². The second-order valence-corrected chi connectivity index (χ2v) is 6.71. The Balaban J connectivity index is 1.95. The number of amides is 1. The summed E-state index contributed by atoms with van der Waals surface area (Å²) in [6.07, 6.45) is 0. The minimum atomic E-state index is -0.524. The number of anilines is 1. The summed E-state index contributed by atoms with van der Waals surface area (Å²) in [6, 6.07) is 11.2. The number of carbonyl (C=O) groups excluding carboxylic acids is 1. The first kappa shape index (κ1) is 11.9. The Labute approximate surface area is 117 Å². The van der Waals surface area contributed by atoms with Gasteiger partial charge in [-0.2, -0.15) is 0 Å². The first-order valence-electron chi connectivity index (χ1n) is 5.57. The van der Waals surface area contributed by atoms with E-state index in [0.717, 1.165) is 19.9 Å². The van der Waals surface area contributed by atoms with Gasteiger partial charge < -0.3 is 10.6 Å². The van der Waals surface area contributed by atoms with Crippen LogP contribution < -0.4 is 10.6 Å². The van der Waals surface area contributed by atoms with E-state index in [2.05, 4.69) is 15.9 Å². The average Bonchev–Trinajstić information content (AvgIpc) is 2.88. The fourth-order valence-corrected chi connectivity index (χ4v) is 3.64. The molecule has 92 valence electrons. The maximum Gasteiger partial charge on any atom is 0.248 e. The van der Waals surface area contributed by atoms with Crippen molar-refractivity contribution in [2.45, 2.75) is 12.6 Å². The van der Waals surface area contributed by atoms with E-state index in [9.17, 15) is 4.79 Å². The van der Waals surface area contributed by atoms with Crippen LogP contribution in [0.15, 0.2) is 40.2 Å². The monoisotopic (exact) mass is 322 g/mol. The zero-order valence-electron chi connectivity index (χ0n) is 9.47. The van der Waals surface area contributed by atoms with Gasteiger partial charge >= 0.3 is 0 Å². The Kier molecular flexibility index (Phi) is 2.97. The van der Waals surface area contributed by atoms with Gasteiger partial charge in [-0.3, -0.25) is 4.79 Å². The third-order valence-electron chi connectivity index (χ3n) is 3.04. The summed E-state index contributed by atoms with van der Waals surface area (Å²) in [5.41, 5.74) is 7.79. The average molecular weight is 323 g/mol. The van der Waals surface area contributed by atoms with Crippen LogP contribution in [0.2, 0.25) is 0 Å². The topological polar surface area (TPSA) is 46.3 Å². The second kappa shape index (κ2) is 4.50. The quantitative estimate of drug-likeness (QED) is 0.923. The van der Waals surface area contributed by atoms with Crippen molar-refractivity contribution in [3.05, 3.63) is 50.6 Å². The molecule has 0 radical (unpaired) electrons. The van der Waals surface area contributed by atoms with Crippen molar-refractivity contribution < 1.29 is 4.79 Å². The first-order chi connectivity index (χ1) is 8.66. The number of hydrogen-bond donors (Lipinski definition) is 1. The summed E-state index contributed by atoms with van der Waals surface area (Å²) in [7, 11) is 0.